The zero-order valence-corrected chi connectivity index (χ0v) is 8.32. The molecule has 14 heavy (non-hydrogen) atoms. The molecule has 0 amide bonds. The molecule has 2 aromatic rings. The van der Waals surface area contributed by atoms with E-state index in [0.29, 0.717) is 12.1 Å². The number of hydrogen-bond acceptors (Lipinski definition) is 2. The minimum Gasteiger partial charge on any atom is -0.292 e. The van der Waals surface area contributed by atoms with Crippen molar-refractivity contribution in [3.05, 3.63) is 30.0 Å². The molecule has 0 N–H and O–H groups in total. The first-order valence-electron chi connectivity index (χ1n) is 4.69. The van der Waals surface area contributed by atoms with Crippen LogP contribution in [-0.4, -0.2) is 15.6 Å². The largest absolute Gasteiger partial charge is 0.292 e. The highest BCUT2D eigenvalue weighted by Gasteiger charge is 2.12. The summed E-state index contributed by atoms with van der Waals surface area (Å²) in [5.74, 6) is 0.0989. The zero-order chi connectivity index (χ0) is 10.1. The van der Waals surface area contributed by atoms with Gasteiger partial charge < -0.3 is 0 Å². The number of carbonyl (C=O) groups is 1. The van der Waals surface area contributed by atoms with E-state index in [1.165, 1.54) is 0 Å². The van der Waals surface area contributed by atoms with Crippen molar-refractivity contribution in [2.24, 2.45) is 7.05 Å². The molecule has 1 aromatic heterocycles. The van der Waals surface area contributed by atoms with E-state index in [1.807, 2.05) is 38.2 Å². The third-order valence-electron chi connectivity index (χ3n) is 2.34. The molecule has 0 unspecified atom stereocenters. The molecule has 1 heterocycles. The maximum atomic E-state index is 11.6. The van der Waals surface area contributed by atoms with E-state index in [1.54, 1.807) is 4.68 Å². The van der Waals surface area contributed by atoms with E-state index in [9.17, 15) is 4.79 Å². The molecule has 0 aliphatic carbocycles. The first kappa shape index (κ1) is 8.94. The Morgan fingerprint density at radius 2 is 2.14 bits per heavy atom. The number of benzene rings is 1. The number of Topliss-reactive ketones (excluding diaryl/α,β-unsaturated/α-hetero) is 1. The van der Waals surface area contributed by atoms with Crippen molar-refractivity contribution in [1.82, 2.24) is 9.78 Å². The first-order valence-corrected chi connectivity index (χ1v) is 4.69. The molecule has 0 spiro atoms. The van der Waals surface area contributed by atoms with Gasteiger partial charge in [-0.15, -0.1) is 0 Å². The zero-order valence-electron chi connectivity index (χ0n) is 8.32. The van der Waals surface area contributed by atoms with Gasteiger partial charge in [0.25, 0.3) is 0 Å². The van der Waals surface area contributed by atoms with Crippen molar-refractivity contribution in [2.45, 2.75) is 13.3 Å². The number of nitrogens with zero attached hydrogens (tertiary/aromatic N) is 2. The third kappa shape index (κ3) is 1.21. The van der Waals surface area contributed by atoms with Crippen LogP contribution >= 0.6 is 0 Å². The fourth-order valence-corrected chi connectivity index (χ4v) is 1.59. The Kier molecular flexibility index (Phi) is 2.08. The van der Waals surface area contributed by atoms with E-state index in [-0.39, 0.29) is 5.78 Å². The maximum Gasteiger partial charge on any atom is 0.183 e. The van der Waals surface area contributed by atoms with Gasteiger partial charge in [-0.2, -0.15) is 5.10 Å². The van der Waals surface area contributed by atoms with Gasteiger partial charge in [0.05, 0.1) is 5.52 Å². The highest BCUT2D eigenvalue weighted by atomic mass is 16.1. The summed E-state index contributed by atoms with van der Waals surface area (Å²) >= 11 is 0. The predicted molar refractivity (Wildman–Crippen MR) is 55.3 cm³/mol. The number of aromatic nitrogens is 2. The van der Waals surface area contributed by atoms with Crippen molar-refractivity contribution in [3.63, 3.8) is 0 Å². The summed E-state index contributed by atoms with van der Waals surface area (Å²) in [4.78, 5) is 11.6. The molecular formula is C11H12N2O. The Labute approximate surface area is 82.3 Å². The second-order valence-electron chi connectivity index (χ2n) is 3.27. The summed E-state index contributed by atoms with van der Waals surface area (Å²) in [6, 6.07) is 7.78. The van der Waals surface area contributed by atoms with E-state index in [0.717, 1.165) is 10.9 Å². The molecule has 0 atom stereocenters. The summed E-state index contributed by atoms with van der Waals surface area (Å²) in [6.45, 7) is 1.85. The smallest absolute Gasteiger partial charge is 0.183 e. The molecule has 3 heteroatoms. The molecule has 2 rings (SSSR count). The van der Waals surface area contributed by atoms with E-state index in [4.69, 9.17) is 0 Å². The van der Waals surface area contributed by atoms with Crippen molar-refractivity contribution in [2.75, 3.05) is 0 Å². The van der Waals surface area contributed by atoms with Crippen molar-refractivity contribution in [3.8, 4) is 0 Å². The normalized spacial score (nSPS) is 10.7. The van der Waals surface area contributed by atoms with Crippen LogP contribution in [0.15, 0.2) is 24.3 Å². The summed E-state index contributed by atoms with van der Waals surface area (Å²) < 4.78 is 1.75. The molecule has 0 saturated carbocycles. The SMILES string of the molecule is CCC(=O)c1nn(C)c2ccccc12. The van der Waals surface area contributed by atoms with Gasteiger partial charge in [0.1, 0.15) is 5.69 Å². The summed E-state index contributed by atoms with van der Waals surface area (Å²) in [5.41, 5.74) is 1.59. The van der Waals surface area contributed by atoms with Gasteiger partial charge >= 0.3 is 0 Å². The fourth-order valence-electron chi connectivity index (χ4n) is 1.59. The second kappa shape index (κ2) is 3.25. The van der Waals surface area contributed by atoms with Crippen LogP contribution in [0.2, 0.25) is 0 Å². The molecule has 3 nitrogen and oxygen atoms in total. The third-order valence-corrected chi connectivity index (χ3v) is 2.34. The quantitative estimate of drug-likeness (QED) is 0.677. The summed E-state index contributed by atoms with van der Waals surface area (Å²) in [6.07, 6.45) is 0.501. The molecule has 1 aromatic carbocycles. The number of fused-ring (bicyclic) bond motifs is 1. The number of aryl methyl sites for hydroxylation is 1. The lowest BCUT2D eigenvalue weighted by Crippen LogP contribution is -1.99. The van der Waals surface area contributed by atoms with Crippen LogP contribution in [-0.2, 0) is 7.05 Å². The molecule has 72 valence electrons. The molecule has 0 radical (unpaired) electrons. The topological polar surface area (TPSA) is 34.9 Å². The number of para-hydroxylation sites is 1. The number of carbonyl (C=O) groups excluding carboxylic acids is 1. The molecule has 0 fully saturated rings. The molecule has 0 bridgehead atoms. The Hall–Kier alpha value is -1.64. The Balaban J connectivity index is 2.72. The minimum atomic E-state index is 0.0989. The average molecular weight is 188 g/mol. The van der Waals surface area contributed by atoms with Crippen LogP contribution < -0.4 is 0 Å². The first-order chi connectivity index (χ1) is 6.74. The highest BCUT2D eigenvalue weighted by molar-refractivity contribution is 6.05. The van der Waals surface area contributed by atoms with Gasteiger partial charge in [-0.25, -0.2) is 0 Å². The van der Waals surface area contributed by atoms with Crippen molar-refractivity contribution < 1.29 is 4.79 Å². The number of hydrogen-bond donors (Lipinski definition) is 0. The Bertz CT molecular complexity index is 485. The lowest BCUT2D eigenvalue weighted by molar-refractivity contribution is 0.0984. The Morgan fingerprint density at radius 1 is 1.43 bits per heavy atom. The maximum absolute atomic E-state index is 11.6. The summed E-state index contributed by atoms with van der Waals surface area (Å²) in [7, 11) is 1.86. The minimum absolute atomic E-state index is 0.0989. The standard InChI is InChI=1S/C11H12N2O/c1-3-10(14)11-8-6-4-5-7-9(8)13(2)12-11/h4-7H,3H2,1-2H3. The van der Waals surface area contributed by atoms with E-state index >= 15 is 0 Å². The van der Waals surface area contributed by atoms with Crippen molar-refractivity contribution in [1.29, 1.82) is 0 Å². The van der Waals surface area contributed by atoms with Crippen LogP contribution in [0.1, 0.15) is 23.8 Å². The molecule has 0 aliphatic heterocycles. The van der Waals surface area contributed by atoms with Crippen LogP contribution in [0.4, 0.5) is 0 Å². The highest BCUT2D eigenvalue weighted by Crippen LogP contribution is 2.18. The second-order valence-corrected chi connectivity index (χ2v) is 3.27. The van der Waals surface area contributed by atoms with Gasteiger partial charge in [-0.3, -0.25) is 9.48 Å². The van der Waals surface area contributed by atoms with Crippen LogP contribution in [0.3, 0.4) is 0 Å². The Morgan fingerprint density at radius 3 is 2.86 bits per heavy atom. The van der Waals surface area contributed by atoms with Crippen LogP contribution in [0, 0.1) is 0 Å². The van der Waals surface area contributed by atoms with Crippen LogP contribution in [0.25, 0.3) is 10.9 Å². The molecule has 0 aliphatic rings. The van der Waals surface area contributed by atoms with Gasteiger partial charge in [-0.1, -0.05) is 25.1 Å². The molecular weight excluding hydrogens is 176 g/mol. The lowest BCUT2D eigenvalue weighted by atomic mass is 10.1. The van der Waals surface area contributed by atoms with E-state index < -0.39 is 0 Å². The average Bonchev–Trinajstić information content (AvgIpc) is 2.56. The van der Waals surface area contributed by atoms with Gasteiger partial charge in [0.15, 0.2) is 5.78 Å². The van der Waals surface area contributed by atoms with Gasteiger partial charge in [0.2, 0.25) is 0 Å². The van der Waals surface area contributed by atoms with Crippen molar-refractivity contribution >= 4 is 16.7 Å². The lowest BCUT2D eigenvalue weighted by Gasteiger charge is -1.91. The van der Waals surface area contributed by atoms with Crippen LogP contribution in [0.5, 0.6) is 0 Å². The summed E-state index contributed by atoms with van der Waals surface area (Å²) in [5, 5.41) is 5.17. The number of ketones is 1. The predicted octanol–water partition coefficient (Wildman–Crippen LogP) is 2.17. The fraction of sp³-hybridized carbons (Fsp3) is 0.273. The monoisotopic (exact) mass is 188 g/mol. The molecule has 0 saturated heterocycles. The van der Waals surface area contributed by atoms with E-state index in [2.05, 4.69) is 5.10 Å². The number of rotatable bonds is 2. The van der Waals surface area contributed by atoms with Gasteiger partial charge in [0, 0.05) is 18.9 Å². The van der Waals surface area contributed by atoms with Gasteiger partial charge in [-0.05, 0) is 6.07 Å².